The number of hydrogen-bond acceptors (Lipinski definition) is 3. The monoisotopic (exact) mass is 303 g/mol. The SMILES string of the molecule is CC(=O)Nc1ccccc1C(=O)OCc1cccc(Cl)c1. The number of carbonyl (C=O) groups excluding carboxylic acids is 2. The molecule has 0 aliphatic heterocycles. The first-order valence-corrected chi connectivity index (χ1v) is 6.72. The van der Waals surface area contributed by atoms with E-state index in [0.29, 0.717) is 16.3 Å². The van der Waals surface area contributed by atoms with Crippen LogP contribution in [0.4, 0.5) is 5.69 Å². The van der Waals surface area contributed by atoms with Gasteiger partial charge >= 0.3 is 5.97 Å². The van der Waals surface area contributed by atoms with Gasteiger partial charge < -0.3 is 10.1 Å². The largest absolute Gasteiger partial charge is 0.457 e. The molecule has 5 heteroatoms. The van der Waals surface area contributed by atoms with Crippen LogP contribution in [0.15, 0.2) is 48.5 Å². The van der Waals surface area contributed by atoms with Gasteiger partial charge in [0.2, 0.25) is 5.91 Å². The highest BCUT2D eigenvalue weighted by atomic mass is 35.5. The van der Waals surface area contributed by atoms with Crippen molar-refractivity contribution in [1.82, 2.24) is 0 Å². The van der Waals surface area contributed by atoms with Crippen LogP contribution >= 0.6 is 11.6 Å². The van der Waals surface area contributed by atoms with E-state index in [2.05, 4.69) is 5.32 Å². The predicted molar refractivity (Wildman–Crippen MR) is 81.3 cm³/mol. The van der Waals surface area contributed by atoms with Crippen LogP contribution in [0.3, 0.4) is 0 Å². The molecule has 2 rings (SSSR count). The van der Waals surface area contributed by atoms with E-state index in [-0.39, 0.29) is 12.5 Å². The molecule has 0 unspecified atom stereocenters. The summed E-state index contributed by atoms with van der Waals surface area (Å²) in [4.78, 5) is 23.2. The van der Waals surface area contributed by atoms with Gasteiger partial charge in [0, 0.05) is 11.9 Å². The molecule has 0 fully saturated rings. The smallest absolute Gasteiger partial charge is 0.340 e. The minimum absolute atomic E-state index is 0.119. The normalized spacial score (nSPS) is 10.0. The van der Waals surface area contributed by atoms with E-state index in [1.54, 1.807) is 42.5 Å². The zero-order valence-electron chi connectivity index (χ0n) is 11.4. The van der Waals surface area contributed by atoms with Gasteiger partial charge in [-0.1, -0.05) is 35.9 Å². The lowest BCUT2D eigenvalue weighted by molar-refractivity contribution is -0.114. The maximum absolute atomic E-state index is 12.1. The summed E-state index contributed by atoms with van der Waals surface area (Å²) in [6.07, 6.45) is 0. The average Bonchev–Trinajstić information content (AvgIpc) is 2.45. The topological polar surface area (TPSA) is 55.4 Å². The van der Waals surface area contributed by atoms with Crippen molar-refractivity contribution in [3.05, 3.63) is 64.7 Å². The van der Waals surface area contributed by atoms with Crippen LogP contribution < -0.4 is 5.32 Å². The highest BCUT2D eigenvalue weighted by Crippen LogP contribution is 2.17. The first-order valence-electron chi connectivity index (χ1n) is 6.34. The molecule has 0 saturated carbocycles. The molecule has 0 aliphatic rings. The van der Waals surface area contributed by atoms with Gasteiger partial charge in [0.15, 0.2) is 0 Å². The van der Waals surface area contributed by atoms with Gasteiger partial charge in [-0.3, -0.25) is 4.79 Å². The van der Waals surface area contributed by atoms with Crippen molar-refractivity contribution in [3.63, 3.8) is 0 Å². The van der Waals surface area contributed by atoms with Crippen LogP contribution in [0.2, 0.25) is 5.02 Å². The van der Waals surface area contributed by atoms with Crippen LogP contribution in [0, 0.1) is 0 Å². The summed E-state index contributed by atoms with van der Waals surface area (Å²) in [6.45, 7) is 1.50. The number of rotatable bonds is 4. The molecule has 21 heavy (non-hydrogen) atoms. The number of para-hydroxylation sites is 1. The fourth-order valence-electron chi connectivity index (χ4n) is 1.81. The molecule has 0 atom stereocenters. The number of nitrogens with one attached hydrogen (secondary N) is 1. The molecule has 4 nitrogen and oxygen atoms in total. The molecule has 0 radical (unpaired) electrons. The molecule has 0 spiro atoms. The lowest BCUT2D eigenvalue weighted by atomic mass is 10.1. The Kier molecular flexibility index (Phi) is 4.95. The van der Waals surface area contributed by atoms with Gasteiger partial charge in [0.25, 0.3) is 0 Å². The fraction of sp³-hybridized carbons (Fsp3) is 0.125. The molecule has 2 aromatic carbocycles. The summed E-state index contributed by atoms with van der Waals surface area (Å²) < 4.78 is 5.24. The van der Waals surface area contributed by atoms with Gasteiger partial charge in [0.1, 0.15) is 6.61 Å². The average molecular weight is 304 g/mol. The maximum atomic E-state index is 12.1. The number of ether oxygens (including phenoxy) is 1. The Morgan fingerprint density at radius 2 is 1.90 bits per heavy atom. The Morgan fingerprint density at radius 3 is 2.62 bits per heavy atom. The van der Waals surface area contributed by atoms with Gasteiger partial charge in [-0.05, 0) is 29.8 Å². The van der Waals surface area contributed by atoms with E-state index in [1.165, 1.54) is 6.92 Å². The second-order valence-corrected chi connectivity index (χ2v) is 4.87. The third-order valence-electron chi connectivity index (χ3n) is 2.72. The Bertz CT molecular complexity index is 670. The Morgan fingerprint density at radius 1 is 1.14 bits per heavy atom. The fourth-order valence-corrected chi connectivity index (χ4v) is 2.03. The second kappa shape index (κ2) is 6.90. The van der Waals surface area contributed by atoms with Crippen molar-refractivity contribution < 1.29 is 14.3 Å². The van der Waals surface area contributed by atoms with Crippen LogP contribution in [0.1, 0.15) is 22.8 Å². The van der Waals surface area contributed by atoms with Gasteiger partial charge in [-0.25, -0.2) is 4.79 Å². The first-order chi connectivity index (χ1) is 10.1. The van der Waals surface area contributed by atoms with Crippen molar-refractivity contribution in [2.24, 2.45) is 0 Å². The van der Waals surface area contributed by atoms with Crippen LogP contribution in [0.25, 0.3) is 0 Å². The Hall–Kier alpha value is -2.33. The van der Waals surface area contributed by atoms with Crippen LogP contribution in [-0.2, 0) is 16.1 Å². The van der Waals surface area contributed by atoms with E-state index in [1.807, 2.05) is 6.07 Å². The highest BCUT2D eigenvalue weighted by molar-refractivity contribution is 6.30. The second-order valence-electron chi connectivity index (χ2n) is 4.43. The minimum Gasteiger partial charge on any atom is -0.457 e. The molecule has 0 bridgehead atoms. The summed E-state index contributed by atoms with van der Waals surface area (Å²) in [5.74, 6) is -0.746. The number of benzene rings is 2. The van der Waals surface area contributed by atoms with Crippen molar-refractivity contribution in [1.29, 1.82) is 0 Å². The lowest BCUT2D eigenvalue weighted by Gasteiger charge is -2.10. The Balaban J connectivity index is 2.08. The molecule has 0 heterocycles. The number of esters is 1. The van der Waals surface area contributed by atoms with E-state index in [9.17, 15) is 9.59 Å². The molecule has 108 valence electrons. The van der Waals surface area contributed by atoms with Gasteiger partial charge in [-0.2, -0.15) is 0 Å². The van der Waals surface area contributed by atoms with Gasteiger partial charge in [-0.15, -0.1) is 0 Å². The molecule has 1 amide bonds. The summed E-state index contributed by atoms with van der Waals surface area (Å²) in [7, 11) is 0. The third-order valence-corrected chi connectivity index (χ3v) is 2.95. The summed E-state index contributed by atoms with van der Waals surface area (Å²) in [6, 6.07) is 13.8. The van der Waals surface area contributed by atoms with E-state index < -0.39 is 5.97 Å². The number of amides is 1. The quantitative estimate of drug-likeness (QED) is 0.877. The zero-order chi connectivity index (χ0) is 15.2. The maximum Gasteiger partial charge on any atom is 0.340 e. The van der Waals surface area contributed by atoms with Crippen LogP contribution in [-0.4, -0.2) is 11.9 Å². The number of anilines is 1. The van der Waals surface area contributed by atoms with E-state index in [0.717, 1.165) is 5.56 Å². The van der Waals surface area contributed by atoms with E-state index >= 15 is 0 Å². The van der Waals surface area contributed by atoms with Crippen molar-refractivity contribution in [2.45, 2.75) is 13.5 Å². The van der Waals surface area contributed by atoms with E-state index in [4.69, 9.17) is 16.3 Å². The number of hydrogen-bond donors (Lipinski definition) is 1. The summed E-state index contributed by atoms with van der Waals surface area (Å²) >= 11 is 5.87. The molecule has 0 aliphatic carbocycles. The van der Waals surface area contributed by atoms with Gasteiger partial charge in [0.05, 0.1) is 11.3 Å². The van der Waals surface area contributed by atoms with Crippen LogP contribution in [0.5, 0.6) is 0 Å². The van der Waals surface area contributed by atoms with Crippen molar-refractivity contribution >= 4 is 29.2 Å². The third kappa shape index (κ3) is 4.33. The van der Waals surface area contributed by atoms with Crippen molar-refractivity contribution in [2.75, 3.05) is 5.32 Å². The standard InChI is InChI=1S/C16H14ClNO3/c1-11(19)18-15-8-3-2-7-14(15)16(20)21-10-12-5-4-6-13(17)9-12/h2-9H,10H2,1H3,(H,18,19). The van der Waals surface area contributed by atoms with Crippen molar-refractivity contribution in [3.8, 4) is 0 Å². The lowest BCUT2D eigenvalue weighted by Crippen LogP contribution is -2.12. The zero-order valence-corrected chi connectivity index (χ0v) is 12.2. The molecule has 2 aromatic rings. The number of carbonyl (C=O) groups is 2. The number of halogens is 1. The predicted octanol–water partition coefficient (Wildman–Crippen LogP) is 3.66. The summed E-state index contributed by atoms with van der Waals surface area (Å²) in [5, 5.41) is 3.19. The Labute approximate surface area is 127 Å². The molecule has 0 saturated heterocycles. The molecular weight excluding hydrogens is 290 g/mol. The molecule has 1 N–H and O–H groups in total. The first kappa shape index (κ1) is 15.1. The highest BCUT2D eigenvalue weighted by Gasteiger charge is 2.13. The summed E-state index contributed by atoms with van der Waals surface area (Å²) in [5.41, 5.74) is 1.55. The molecular formula is C16H14ClNO3. The molecule has 0 aromatic heterocycles. The minimum atomic E-state index is -0.501.